The summed E-state index contributed by atoms with van der Waals surface area (Å²) in [5.41, 5.74) is 5.20. The standard InChI is InChI=1S/C22H22Cl3N7O13P2/c23-6-1-8-9(2-7(6)24)32(21(25)28-8)20-14(34)16-11(43-20)4-41-46(36,37)44-15-10(3-40-47(38,39)45-16)42-19(13(15)33)31-5-27-12-17(31)29-22(26)30-18(12)35/h1-2,5,10-11,13-16,19-20,33-34H,3-4H2,(H,36,37)(H,38,39)(H3,26,29,30,35)/t10-,11-,13?,14?,15?,16?,19-,20-/m1/s1. The smallest absolute Gasteiger partial charge is 0.386 e. The van der Waals surface area contributed by atoms with Crippen LogP contribution in [0.15, 0.2) is 23.3 Å². The number of hydrogen-bond donors (Lipinski definition) is 6. The topological polar surface area (TPSA) is 278 Å². The predicted octanol–water partition coefficient (Wildman–Crippen LogP) is 1.25. The quantitative estimate of drug-likeness (QED) is 0.157. The maximum Gasteiger partial charge on any atom is 0.472 e. The number of fused-ring (bicyclic) bond motifs is 4. The molecule has 3 aliphatic heterocycles. The number of benzene rings is 1. The van der Waals surface area contributed by atoms with Crippen LogP contribution >= 0.6 is 50.4 Å². The van der Waals surface area contributed by atoms with Crippen molar-refractivity contribution >= 4 is 78.6 Å². The van der Waals surface area contributed by atoms with E-state index in [1.807, 2.05) is 0 Å². The van der Waals surface area contributed by atoms with Gasteiger partial charge in [-0.1, -0.05) is 23.2 Å². The van der Waals surface area contributed by atoms with Gasteiger partial charge < -0.3 is 35.2 Å². The molecule has 3 aromatic heterocycles. The Kier molecular flexibility index (Phi) is 8.48. The van der Waals surface area contributed by atoms with Gasteiger partial charge in [0.2, 0.25) is 11.2 Å². The molecule has 0 aliphatic carbocycles. The largest absolute Gasteiger partial charge is 0.472 e. The van der Waals surface area contributed by atoms with Crippen LogP contribution < -0.4 is 11.3 Å². The molecule has 7 rings (SSSR count). The van der Waals surface area contributed by atoms with Gasteiger partial charge in [-0.2, -0.15) is 4.98 Å². The molecule has 6 unspecified atom stereocenters. The minimum Gasteiger partial charge on any atom is -0.386 e. The number of halogens is 3. The van der Waals surface area contributed by atoms with Gasteiger partial charge in [0.25, 0.3) is 5.56 Å². The molecule has 47 heavy (non-hydrogen) atoms. The number of aromatic nitrogens is 6. The molecular formula is C22H22Cl3N7O13P2. The van der Waals surface area contributed by atoms with Crippen molar-refractivity contribution in [2.45, 2.75) is 49.1 Å². The molecule has 3 saturated heterocycles. The average Bonchev–Trinajstić information content (AvgIpc) is 3.70. The molecule has 0 bridgehead atoms. The highest BCUT2D eigenvalue weighted by atomic mass is 35.5. The molecule has 4 aromatic rings. The Hall–Kier alpha value is -2.23. The number of hydrogen-bond acceptors (Lipinski definition) is 15. The van der Waals surface area contributed by atoms with E-state index in [9.17, 15) is 33.9 Å². The van der Waals surface area contributed by atoms with Crippen LogP contribution in [-0.4, -0.2) is 98.9 Å². The Labute approximate surface area is 276 Å². The van der Waals surface area contributed by atoms with E-state index in [2.05, 4.69) is 19.9 Å². The molecule has 0 spiro atoms. The minimum atomic E-state index is -5.09. The van der Waals surface area contributed by atoms with E-state index in [1.165, 1.54) is 16.7 Å². The number of phosphoric acid groups is 2. The lowest BCUT2D eigenvalue weighted by atomic mass is 10.1. The highest BCUT2D eigenvalue weighted by molar-refractivity contribution is 7.47. The second-order valence-corrected chi connectivity index (χ2v) is 14.5. The van der Waals surface area contributed by atoms with Gasteiger partial charge in [0, 0.05) is 0 Å². The van der Waals surface area contributed by atoms with Crippen molar-refractivity contribution in [2.24, 2.45) is 0 Å². The van der Waals surface area contributed by atoms with Gasteiger partial charge in [0.15, 0.2) is 23.6 Å². The summed E-state index contributed by atoms with van der Waals surface area (Å²) in [6.45, 7) is -1.71. The Morgan fingerprint density at radius 2 is 1.49 bits per heavy atom. The fourth-order valence-corrected chi connectivity index (χ4v) is 8.07. The summed E-state index contributed by atoms with van der Waals surface area (Å²) >= 11 is 18.6. The van der Waals surface area contributed by atoms with Crippen molar-refractivity contribution in [2.75, 3.05) is 18.9 Å². The summed E-state index contributed by atoms with van der Waals surface area (Å²) < 4.78 is 61.1. The van der Waals surface area contributed by atoms with Crippen LogP contribution in [-0.2, 0) is 36.7 Å². The Bertz CT molecular complexity index is 2050. The summed E-state index contributed by atoms with van der Waals surface area (Å²) in [5, 5.41) is 22.5. The van der Waals surface area contributed by atoms with E-state index < -0.39 is 83.5 Å². The lowest BCUT2D eigenvalue weighted by molar-refractivity contribution is -0.0663. The first-order valence-electron chi connectivity index (χ1n) is 13.4. The van der Waals surface area contributed by atoms with Gasteiger partial charge in [0.05, 0.1) is 40.6 Å². The van der Waals surface area contributed by atoms with Gasteiger partial charge in [-0.15, -0.1) is 0 Å². The van der Waals surface area contributed by atoms with Crippen LogP contribution in [0.2, 0.25) is 15.3 Å². The van der Waals surface area contributed by atoms with E-state index in [4.69, 9.17) is 68.1 Å². The maximum atomic E-state index is 13.2. The molecule has 0 amide bonds. The van der Waals surface area contributed by atoms with Crippen molar-refractivity contribution < 1.29 is 56.7 Å². The monoisotopic (exact) mass is 759 g/mol. The number of H-pyrrole nitrogens is 1. The Morgan fingerprint density at radius 1 is 0.915 bits per heavy atom. The molecule has 25 heteroatoms. The number of aliphatic hydroxyl groups is 2. The van der Waals surface area contributed by atoms with Crippen LogP contribution in [0.1, 0.15) is 12.5 Å². The van der Waals surface area contributed by atoms with Crippen LogP contribution in [0, 0.1) is 0 Å². The zero-order valence-corrected chi connectivity index (χ0v) is 27.1. The van der Waals surface area contributed by atoms with Crippen molar-refractivity contribution in [3.63, 3.8) is 0 Å². The second-order valence-electron chi connectivity index (χ2n) is 10.6. The van der Waals surface area contributed by atoms with E-state index >= 15 is 0 Å². The third-order valence-electron chi connectivity index (χ3n) is 7.60. The number of aromatic amines is 1. The summed E-state index contributed by atoms with van der Waals surface area (Å²) in [5.74, 6) is -0.275. The zero-order valence-electron chi connectivity index (χ0n) is 23.1. The number of nitrogens with two attached hydrogens (primary N) is 1. The molecule has 0 radical (unpaired) electrons. The van der Waals surface area contributed by atoms with Crippen molar-refractivity contribution in [3.8, 4) is 0 Å². The third-order valence-corrected chi connectivity index (χ3v) is 10.6. The summed E-state index contributed by atoms with van der Waals surface area (Å²) in [6.07, 6.45) is -11.8. The first kappa shape index (κ1) is 33.3. The van der Waals surface area contributed by atoms with E-state index in [0.717, 1.165) is 10.9 Å². The molecular weight excluding hydrogens is 739 g/mol. The van der Waals surface area contributed by atoms with E-state index in [0.29, 0.717) is 0 Å². The van der Waals surface area contributed by atoms with Crippen LogP contribution in [0.4, 0.5) is 5.95 Å². The average molecular weight is 761 g/mol. The number of nitrogens with one attached hydrogen (secondary N) is 1. The van der Waals surface area contributed by atoms with Crippen LogP contribution in [0.3, 0.4) is 0 Å². The number of phosphoric ester groups is 2. The third kappa shape index (κ3) is 6.01. The van der Waals surface area contributed by atoms with Crippen molar-refractivity contribution in [3.05, 3.63) is 44.1 Å². The number of imidazole rings is 2. The van der Waals surface area contributed by atoms with Gasteiger partial charge >= 0.3 is 15.6 Å². The normalized spacial score (nSPS) is 36.7. The van der Waals surface area contributed by atoms with Gasteiger partial charge in [-0.05, 0) is 23.7 Å². The van der Waals surface area contributed by atoms with E-state index in [1.54, 1.807) is 0 Å². The molecule has 3 fully saturated rings. The highest BCUT2D eigenvalue weighted by Gasteiger charge is 2.54. The predicted molar refractivity (Wildman–Crippen MR) is 158 cm³/mol. The Balaban J connectivity index is 1.18. The van der Waals surface area contributed by atoms with Crippen LogP contribution in [0.25, 0.3) is 22.2 Å². The Morgan fingerprint density at radius 3 is 2.13 bits per heavy atom. The summed E-state index contributed by atoms with van der Waals surface area (Å²) in [7, 11) is -10.2. The number of nitrogen functional groups attached to an aromatic ring is 1. The number of ether oxygens (including phenoxy) is 2. The first-order chi connectivity index (χ1) is 22.1. The molecule has 7 N–H and O–H groups in total. The molecule has 3 aliphatic rings. The fourth-order valence-electron chi connectivity index (χ4n) is 5.55. The van der Waals surface area contributed by atoms with Crippen LogP contribution in [0.5, 0.6) is 0 Å². The molecule has 20 nitrogen and oxygen atoms in total. The SMILES string of the molecule is Nc1nc2c(ncn2[C@@H]2O[C@@H]3COP(=O)(O)OC4C(O)[C@H](n5c(Cl)nc6cc(Cl)c(Cl)cc65)O[C@@H]4COP(=O)(O)OC3C2O)c(=O)[nH]1. The zero-order chi connectivity index (χ0) is 33.6. The molecule has 254 valence electrons. The molecule has 6 heterocycles. The molecule has 1 aromatic carbocycles. The van der Waals surface area contributed by atoms with Crippen molar-refractivity contribution in [1.29, 1.82) is 0 Å². The lowest BCUT2D eigenvalue weighted by Gasteiger charge is -2.27. The molecule has 0 saturated carbocycles. The summed E-state index contributed by atoms with van der Waals surface area (Å²) in [4.78, 5) is 47.9. The number of aliphatic hydroxyl groups excluding tert-OH is 2. The number of rotatable bonds is 2. The first-order valence-corrected chi connectivity index (χ1v) is 17.5. The maximum absolute atomic E-state index is 13.2. The fraction of sp³-hybridized carbons (Fsp3) is 0.455. The molecule has 10 atom stereocenters. The lowest BCUT2D eigenvalue weighted by Crippen LogP contribution is -2.39. The van der Waals surface area contributed by atoms with Gasteiger partial charge in [0.1, 0.15) is 36.6 Å². The highest BCUT2D eigenvalue weighted by Crippen LogP contribution is 2.54. The summed E-state index contributed by atoms with van der Waals surface area (Å²) in [6, 6.07) is 2.82. The second kappa shape index (κ2) is 12.0. The van der Waals surface area contributed by atoms with E-state index in [-0.39, 0.29) is 43.5 Å². The van der Waals surface area contributed by atoms with Crippen molar-refractivity contribution in [1.82, 2.24) is 29.1 Å². The van der Waals surface area contributed by atoms with Gasteiger partial charge in [-0.3, -0.25) is 37.0 Å². The number of anilines is 1. The van der Waals surface area contributed by atoms with Gasteiger partial charge in [-0.25, -0.2) is 19.1 Å². The number of nitrogens with zero attached hydrogens (tertiary/aromatic N) is 5. The minimum absolute atomic E-state index is 0.113.